The highest BCUT2D eigenvalue weighted by Gasteiger charge is 2.25. The minimum absolute atomic E-state index is 0.194. The van der Waals surface area contributed by atoms with E-state index in [9.17, 15) is 4.79 Å². The van der Waals surface area contributed by atoms with Crippen LogP contribution >= 0.6 is 11.3 Å². The first kappa shape index (κ1) is 18.0. The van der Waals surface area contributed by atoms with Crippen LogP contribution in [0.15, 0.2) is 47.1 Å². The van der Waals surface area contributed by atoms with E-state index >= 15 is 0 Å². The Morgan fingerprint density at radius 1 is 1.27 bits per heavy atom. The summed E-state index contributed by atoms with van der Waals surface area (Å²) < 4.78 is 11.0. The highest BCUT2D eigenvalue weighted by molar-refractivity contribution is 7.17. The van der Waals surface area contributed by atoms with Gasteiger partial charge >= 0.3 is 0 Å². The highest BCUT2D eigenvalue weighted by atomic mass is 32.1. The first-order valence-corrected chi connectivity index (χ1v) is 8.95. The number of thiazole rings is 1. The molecule has 26 heavy (non-hydrogen) atoms. The number of methoxy groups -OCH3 is 1. The summed E-state index contributed by atoms with van der Waals surface area (Å²) in [7, 11) is 5.41. The van der Waals surface area contributed by atoms with Crippen LogP contribution in [0.2, 0.25) is 0 Å². The van der Waals surface area contributed by atoms with Crippen molar-refractivity contribution in [2.75, 3.05) is 26.1 Å². The average Bonchev–Trinajstić information content (AvgIpc) is 3.29. The van der Waals surface area contributed by atoms with E-state index in [1.165, 1.54) is 11.3 Å². The van der Waals surface area contributed by atoms with Gasteiger partial charge in [-0.25, -0.2) is 4.98 Å². The fourth-order valence-electron chi connectivity index (χ4n) is 2.64. The Bertz CT molecular complexity index is 887. The quantitative estimate of drug-likeness (QED) is 0.716. The molecule has 1 aromatic carbocycles. The van der Waals surface area contributed by atoms with E-state index in [4.69, 9.17) is 9.15 Å². The third kappa shape index (κ3) is 3.57. The lowest BCUT2D eigenvalue weighted by molar-refractivity contribution is 0.0942. The molecule has 0 aliphatic heterocycles. The van der Waals surface area contributed by atoms with Crippen LogP contribution in [0, 0.1) is 6.92 Å². The topological polar surface area (TPSA) is 67.6 Å². The number of nitrogens with zero attached hydrogens (tertiary/aromatic N) is 2. The first-order chi connectivity index (χ1) is 12.5. The molecule has 136 valence electrons. The Morgan fingerprint density at radius 2 is 2.04 bits per heavy atom. The van der Waals surface area contributed by atoms with Crippen LogP contribution in [-0.2, 0) is 0 Å². The zero-order valence-corrected chi connectivity index (χ0v) is 16.0. The number of rotatable bonds is 6. The molecule has 1 N–H and O–H groups in total. The summed E-state index contributed by atoms with van der Waals surface area (Å²) in [5.74, 6) is 1.13. The molecule has 0 bridgehead atoms. The normalized spacial score (nSPS) is 11.8. The molecule has 0 aliphatic carbocycles. The number of amides is 1. The lowest BCUT2D eigenvalue weighted by atomic mass is 10.0. The van der Waals surface area contributed by atoms with Gasteiger partial charge in [0, 0.05) is 19.7 Å². The maximum Gasteiger partial charge on any atom is 0.264 e. The number of furan rings is 1. The van der Waals surface area contributed by atoms with Gasteiger partial charge in [-0.3, -0.25) is 4.79 Å². The number of hydrogen-bond acceptors (Lipinski definition) is 6. The number of carbonyl (C=O) groups excluding carboxylic acids is 1. The van der Waals surface area contributed by atoms with Crippen molar-refractivity contribution >= 4 is 22.4 Å². The number of aryl methyl sites for hydroxylation is 1. The molecule has 0 radical (unpaired) electrons. The molecule has 1 atom stereocenters. The van der Waals surface area contributed by atoms with Gasteiger partial charge in [0.05, 0.1) is 19.1 Å². The van der Waals surface area contributed by atoms with Crippen LogP contribution in [0.25, 0.3) is 0 Å². The van der Waals surface area contributed by atoms with E-state index in [1.54, 1.807) is 19.4 Å². The summed E-state index contributed by atoms with van der Waals surface area (Å²) in [4.78, 5) is 19.9. The lowest BCUT2D eigenvalue weighted by Gasteiger charge is -2.19. The van der Waals surface area contributed by atoms with Crippen molar-refractivity contribution in [3.05, 3.63) is 64.6 Å². The Balaban J connectivity index is 1.95. The van der Waals surface area contributed by atoms with Gasteiger partial charge in [-0.2, -0.15) is 0 Å². The standard InChI is InChI=1S/C19H21N3O3S/c1-12-17(26-19(20-12)22(2)3)18(23)21-16(15-10-7-11-25-15)13-8-5-6-9-14(13)24-4/h5-11,16H,1-4H3,(H,21,23). The van der Waals surface area contributed by atoms with E-state index in [2.05, 4.69) is 10.3 Å². The van der Waals surface area contributed by atoms with Crippen molar-refractivity contribution < 1.29 is 13.9 Å². The van der Waals surface area contributed by atoms with Gasteiger partial charge in [0.25, 0.3) is 5.91 Å². The van der Waals surface area contributed by atoms with Crippen LogP contribution in [0.1, 0.15) is 32.7 Å². The van der Waals surface area contributed by atoms with Crippen LogP contribution in [-0.4, -0.2) is 32.1 Å². The number of carbonyl (C=O) groups is 1. The van der Waals surface area contributed by atoms with Crippen molar-refractivity contribution in [2.45, 2.75) is 13.0 Å². The van der Waals surface area contributed by atoms with Crippen molar-refractivity contribution in [2.24, 2.45) is 0 Å². The molecule has 7 heteroatoms. The molecule has 2 aromatic heterocycles. The van der Waals surface area contributed by atoms with E-state index in [1.807, 2.05) is 56.3 Å². The van der Waals surface area contributed by atoms with Crippen molar-refractivity contribution in [3.8, 4) is 5.75 Å². The predicted molar refractivity (Wildman–Crippen MR) is 102 cm³/mol. The molecule has 6 nitrogen and oxygen atoms in total. The molecule has 0 fully saturated rings. The van der Waals surface area contributed by atoms with E-state index < -0.39 is 6.04 Å². The fourth-order valence-corrected chi connectivity index (χ4v) is 3.54. The second-order valence-corrected chi connectivity index (χ2v) is 6.95. The summed E-state index contributed by atoms with van der Waals surface area (Å²) in [6.07, 6.45) is 1.59. The van der Waals surface area contributed by atoms with Crippen LogP contribution in [0.5, 0.6) is 5.75 Å². The fraction of sp³-hybridized carbons (Fsp3) is 0.263. The number of benzene rings is 1. The molecule has 0 spiro atoms. The van der Waals surface area contributed by atoms with Crippen LogP contribution < -0.4 is 15.0 Å². The molecule has 3 rings (SSSR count). The van der Waals surface area contributed by atoms with Gasteiger partial charge < -0.3 is 19.4 Å². The van der Waals surface area contributed by atoms with Gasteiger partial charge in [0.2, 0.25) is 0 Å². The van der Waals surface area contributed by atoms with E-state index in [0.717, 1.165) is 10.7 Å². The number of nitrogens with one attached hydrogen (secondary N) is 1. The monoisotopic (exact) mass is 371 g/mol. The van der Waals surface area contributed by atoms with Crippen molar-refractivity contribution in [1.29, 1.82) is 0 Å². The number of anilines is 1. The minimum atomic E-state index is -0.460. The Kier molecular flexibility index (Phi) is 5.27. The summed E-state index contributed by atoms with van der Waals surface area (Å²) in [6, 6.07) is 10.7. The minimum Gasteiger partial charge on any atom is -0.496 e. The molecule has 3 aromatic rings. The van der Waals surface area contributed by atoms with Gasteiger partial charge in [0.15, 0.2) is 5.13 Å². The van der Waals surface area contributed by atoms with Crippen molar-refractivity contribution in [1.82, 2.24) is 10.3 Å². The molecule has 1 amide bonds. The highest BCUT2D eigenvalue weighted by Crippen LogP contribution is 2.31. The SMILES string of the molecule is COc1ccccc1C(NC(=O)c1sc(N(C)C)nc1C)c1ccco1. The first-order valence-electron chi connectivity index (χ1n) is 8.13. The molecular formula is C19H21N3O3S. The summed E-state index contributed by atoms with van der Waals surface area (Å²) in [6.45, 7) is 1.84. The van der Waals surface area contributed by atoms with Crippen LogP contribution in [0.4, 0.5) is 5.13 Å². The Labute approximate surface area is 156 Å². The Hall–Kier alpha value is -2.80. The van der Waals surface area contributed by atoms with Gasteiger partial charge in [-0.05, 0) is 25.1 Å². The van der Waals surface area contributed by atoms with Gasteiger partial charge in [0.1, 0.15) is 22.4 Å². The number of para-hydroxylation sites is 1. The second-order valence-electron chi connectivity index (χ2n) is 5.97. The number of hydrogen-bond donors (Lipinski definition) is 1. The molecule has 0 saturated heterocycles. The van der Waals surface area contributed by atoms with E-state index in [-0.39, 0.29) is 5.91 Å². The molecule has 1 unspecified atom stereocenters. The number of aromatic nitrogens is 1. The molecule has 2 heterocycles. The summed E-state index contributed by atoms with van der Waals surface area (Å²) >= 11 is 1.36. The third-order valence-corrected chi connectivity index (χ3v) is 5.25. The maximum absolute atomic E-state index is 12.9. The zero-order chi connectivity index (χ0) is 18.7. The zero-order valence-electron chi connectivity index (χ0n) is 15.1. The summed E-state index contributed by atoms with van der Waals surface area (Å²) in [5.41, 5.74) is 1.53. The molecule has 0 aliphatic rings. The number of ether oxygens (including phenoxy) is 1. The average molecular weight is 371 g/mol. The third-order valence-electron chi connectivity index (χ3n) is 3.93. The van der Waals surface area contributed by atoms with Gasteiger partial charge in [-0.1, -0.05) is 29.5 Å². The largest absolute Gasteiger partial charge is 0.496 e. The van der Waals surface area contributed by atoms with Crippen molar-refractivity contribution in [3.63, 3.8) is 0 Å². The predicted octanol–water partition coefficient (Wildman–Crippen LogP) is 3.64. The molecule has 0 saturated carbocycles. The maximum atomic E-state index is 12.9. The lowest BCUT2D eigenvalue weighted by Crippen LogP contribution is -2.29. The smallest absolute Gasteiger partial charge is 0.264 e. The van der Waals surface area contributed by atoms with Gasteiger partial charge in [-0.15, -0.1) is 0 Å². The summed E-state index contributed by atoms with van der Waals surface area (Å²) in [5, 5.41) is 3.85. The van der Waals surface area contributed by atoms with Crippen LogP contribution in [0.3, 0.4) is 0 Å². The van der Waals surface area contributed by atoms with E-state index in [0.29, 0.717) is 22.1 Å². The molecular weight excluding hydrogens is 350 g/mol. The second kappa shape index (κ2) is 7.61. The Morgan fingerprint density at radius 3 is 2.65 bits per heavy atom.